The van der Waals surface area contributed by atoms with E-state index < -0.39 is 22.8 Å². The van der Waals surface area contributed by atoms with Gasteiger partial charge in [0.15, 0.2) is 0 Å². The van der Waals surface area contributed by atoms with E-state index in [4.69, 9.17) is 5.73 Å². The first-order chi connectivity index (χ1) is 12.3. The number of nitrogens with two attached hydrogens (primary N) is 1. The highest BCUT2D eigenvalue weighted by Crippen LogP contribution is 2.22. The molecule has 1 atom stereocenters. The van der Waals surface area contributed by atoms with E-state index in [2.05, 4.69) is 10.6 Å². The third-order valence-corrected chi connectivity index (χ3v) is 3.92. The fourth-order valence-corrected chi connectivity index (χ4v) is 2.39. The molecule has 1 amide bonds. The standard InChI is InChI=1S/C17H26N4O5/c1-12-6-7-13(21(25)26)10-14(12)20-16(22)11-15(17(23)24)19-9-5-3-2-4-8-18/h6-7,10,15,19H,2-5,8-9,11,18H2,1H3,(H,20,22)(H,23,24)/t15-/m0/s1. The molecule has 0 fully saturated rings. The molecule has 0 unspecified atom stereocenters. The summed E-state index contributed by atoms with van der Waals surface area (Å²) in [5.74, 6) is -1.63. The molecule has 1 aromatic rings. The summed E-state index contributed by atoms with van der Waals surface area (Å²) in [6.45, 7) is 2.83. The van der Waals surface area contributed by atoms with E-state index in [1.165, 1.54) is 18.2 Å². The number of hydrogen-bond acceptors (Lipinski definition) is 6. The topological polar surface area (TPSA) is 148 Å². The fraction of sp³-hybridized carbons (Fsp3) is 0.529. The molecule has 0 saturated carbocycles. The van der Waals surface area contributed by atoms with E-state index >= 15 is 0 Å². The Labute approximate surface area is 152 Å². The van der Waals surface area contributed by atoms with Crippen LogP contribution in [0.1, 0.15) is 37.7 Å². The number of rotatable bonds is 12. The van der Waals surface area contributed by atoms with E-state index in [0.717, 1.165) is 25.7 Å². The average molecular weight is 366 g/mol. The molecule has 9 heteroatoms. The summed E-state index contributed by atoms with van der Waals surface area (Å²) in [5, 5.41) is 25.5. The van der Waals surface area contributed by atoms with Crippen LogP contribution in [0.2, 0.25) is 0 Å². The van der Waals surface area contributed by atoms with Crippen LogP contribution in [-0.2, 0) is 9.59 Å². The van der Waals surface area contributed by atoms with Crippen molar-refractivity contribution in [2.24, 2.45) is 5.73 Å². The number of unbranched alkanes of at least 4 members (excludes halogenated alkanes) is 3. The van der Waals surface area contributed by atoms with Gasteiger partial charge in [-0.2, -0.15) is 0 Å². The highest BCUT2D eigenvalue weighted by atomic mass is 16.6. The van der Waals surface area contributed by atoms with Gasteiger partial charge in [-0.25, -0.2) is 0 Å². The number of aliphatic carboxylic acids is 1. The van der Waals surface area contributed by atoms with E-state index in [1.54, 1.807) is 6.92 Å². The molecule has 1 aromatic carbocycles. The normalized spacial score (nSPS) is 11.8. The average Bonchev–Trinajstić information content (AvgIpc) is 2.58. The second kappa shape index (κ2) is 11.2. The van der Waals surface area contributed by atoms with Crippen LogP contribution in [0.4, 0.5) is 11.4 Å². The fourth-order valence-electron chi connectivity index (χ4n) is 2.39. The second-order valence-electron chi connectivity index (χ2n) is 6.06. The van der Waals surface area contributed by atoms with Gasteiger partial charge in [0, 0.05) is 12.1 Å². The number of non-ortho nitro benzene ring substituents is 1. The highest BCUT2D eigenvalue weighted by molar-refractivity contribution is 5.94. The summed E-state index contributed by atoms with van der Waals surface area (Å²) in [6.07, 6.45) is 3.40. The SMILES string of the molecule is Cc1ccc([N+](=O)[O-])cc1NC(=O)C[C@H](NCCCCCCN)C(=O)O. The zero-order valence-corrected chi connectivity index (χ0v) is 14.9. The summed E-state index contributed by atoms with van der Waals surface area (Å²) in [6, 6.07) is 3.12. The van der Waals surface area contributed by atoms with E-state index in [0.29, 0.717) is 24.3 Å². The van der Waals surface area contributed by atoms with Gasteiger partial charge in [-0.1, -0.05) is 18.9 Å². The van der Waals surface area contributed by atoms with Crippen molar-refractivity contribution in [1.29, 1.82) is 0 Å². The number of carbonyl (C=O) groups excluding carboxylic acids is 1. The van der Waals surface area contributed by atoms with Crippen molar-refractivity contribution in [1.82, 2.24) is 5.32 Å². The minimum absolute atomic E-state index is 0.142. The lowest BCUT2D eigenvalue weighted by Gasteiger charge is -2.15. The molecule has 0 aliphatic rings. The Balaban J connectivity index is 2.56. The number of carboxylic acid groups (broad SMARTS) is 1. The van der Waals surface area contributed by atoms with Crippen molar-refractivity contribution in [3.8, 4) is 0 Å². The van der Waals surface area contributed by atoms with Gasteiger partial charge in [-0.15, -0.1) is 0 Å². The van der Waals surface area contributed by atoms with Gasteiger partial charge >= 0.3 is 5.97 Å². The van der Waals surface area contributed by atoms with Crippen LogP contribution in [0.25, 0.3) is 0 Å². The second-order valence-corrected chi connectivity index (χ2v) is 6.06. The Morgan fingerprint density at radius 3 is 2.58 bits per heavy atom. The molecular weight excluding hydrogens is 340 g/mol. The molecular formula is C17H26N4O5. The highest BCUT2D eigenvalue weighted by Gasteiger charge is 2.21. The Morgan fingerprint density at radius 2 is 1.96 bits per heavy atom. The van der Waals surface area contributed by atoms with E-state index in [1.807, 2.05) is 0 Å². The number of nitrogens with one attached hydrogen (secondary N) is 2. The maximum atomic E-state index is 12.1. The van der Waals surface area contributed by atoms with Crippen LogP contribution in [0.15, 0.2) is 18.2 Å². The number of nitro groups is 1. The maximum absolute atomic E-state index is 12.1. The van der Waals surface area contributed by atoms with Crippen molar-refractivity contribution >= 4 is 23.3 Å². The van der Waals surface area contributed by atoms with Crippen molar-refractivity contribution in [2.75, 3.05) is 18.4 Å². The summed E-state index contributed by atoms with van der Waals surface area (Å²) in [4.78, 5) is 33.7. The zero-order valence-electron chi connectivity index (χ0n) is 14.9. The Morgan fingerprint density at radius 1 is 1.27 bits per heavy atom. The first kappa shape index (κ1) is 21.5. The predicted octanol–water partition coefficient (Wildman–Crippen LogP) is 1.79. The molecule has 0 saturated heterocycles. The lowest BCUT2D eigenvalue weighted by Crippen LogP contribution is -2.40. The van der Waals surface area contributed by atoms with Gasteiger partial charge in [0.1, 0.15) is 6.04 Å². The zero-order chi connectivity index (χ0) is 19.5. The van der Waals surface area contributed by atoms with Crippen LogP contribution in [0.3, 0.4) is 0 Å². The van der Waals surface area contributed by atoms with Crippen LogP contribution in [-0.4, -0.2) is 41.0 Å². The summed E-state index contributed by atoms with van der Waals surface area (Å²) >= 11 is 0. The third kappa shape index (κ3) is 7.58. The molecule has 0 aromatic heterocycles. The Bertz CT molecular complexity index is 636. The Hall–Kier alpha value is -2.52. The largest absolute Gasteiger partial charge is 0.480 e. The summed E-state index contributed by atoms with van der Waals surface area (Å²) < 4.78 is 0. The number of carboxylic acids is 1. The number of carbonyl (C=O) groups is 2. The van der Waals surface area contributed by atoms with Gasteiger partial charge in [-0.05, 0) is 38.4 Å². The Kier molecular flexibility index (Phi) is 9.24. The van der Waals surface area contributed by atoms with Crippen molar-refractivity contribution in [2.45, 2.75) is 45.1 Å². The molecule has 0 aliphatic carbocycles. The van der Waals surface area contributed by atoms with E-state index in [9.17, 15) is 24.8 Å². The van der Waals surface area contributed by atoms with Crippen LogP contribution < -0.4 is 16.4 Å². The lowest BCUT2D eigenvalue weighted by atomic mass is 10.1. The van der Waals surface area contributed by atoms with Crippen molar-refractivity contribution in [3.63, 3.8) is 0 Å². The van der Waals surface area contributed by atoms with Gasteiger partial charge in [0.05, 0.1) is 17.0 Å². The van der Waals surface area contributed by atoms with Gasteiger partial charge in [0.25, 0.3) is 5.69 Å². The lowest BCUT2D eigenvalue weighted by molar-refractivity contribution is -0.384. The maximum Gasteiger partial charge on any atom is 0.321 e. The number of nitrogens with zero attached hydrogens (tertiary/aromatic N) is 1. The number of anilines is 1. The van der Waals surface area contributed by atoms with Crippen LogP contribution in [0.5, 0.6) is 0 Å². The molecule has 0 heterocycles. The first-order valence-electron chi connectivity index (χ1n) is 8.56. The molecule has 144 valence electrons. The molecule has 0 bridgehead atoms. The molecule has 26 heavy (non-hydrogen) atoms. The summed E-state index contributed by atoms with van der Waals surface area (Å²) in [5.41, 5.74) is 6.23. The van der Waals surface area contributed by atoms with Crippen molar-refractivity contribution < 1.29 is 19.6 Å². The van der Waals surface area contributed by atoms with Gasteiger partial charge in [0.2, 0.25) is 5.91 Å². The molecule has 1 rings (SSSR count). The van der Waals surface area contributed by atoms with Gasteiger partial charge in [-0.3, -0.25) is 19.7 Å². The number of nitro benzene ring substituents is 1. The summed E-state index contributed by atoms with van der Waals surface area (Å²) in [7, 11) is 0. The third-order valence-electron chi connectivity index (χ3n) is 3.92. The molecule has 0 aliphatic heterocycles. The quantitative estimate of drug-likeness (QED) is 0.250. The smallest absolute Gasteiger partial charge is 0.321 e. The van der Waals surface area contributed by atoms with E-state index in [-0.39, 0.29) is 12.1 Å². The van der Waals surface area contributed by atoms with Crippen LogP contribution >= 0.6 is 0 Å². The number of amides is 1. The molecule has 9 nitrogen and oxygen atoms in total. The monoisotopic (exact) mass is 366 g/mol. The molecule has 0 spiro atoms. The van der Waals surface area contributed by atoms with Crippen LogP contribution in [0, 0.1) is 17.0 Å². The van der Waals surface area contributed by atoms with Crippen molar-refractivity contribution in [3.05, 3.63) is 33.9 Å². The number of hydrogen-bond donors (Lipinski definition) is 4. The molecule has 5 N–H and O–H groups in total. The molecule has 0 radical (unpaired) electrons. The predicted molar refractivity (Wildman–Crippen MR) is 98.0 cm³/mol. The minimum Gasteiger partial charge on any atom is -0.480 e. The first-order valence-corrected chi connectivity index (χ1v) is 8.56. The van der Waals surface area contributed by atoms with Gasteiger partial charge < -0.3 is 21.5 Å². The number of aryl methyl sites for hydroxylation is 1. The number of benzene rings is 1. The minimum atomic E-state index is -1.11.